The second kappa shape index (κ2) is 11.2. The van der Waals surface area contributed by atoms with E-state index in [1.807, 2.05) is 30.3 Å². The van der Waals surface area contributed by atoms with E-state index < -0.39 is 27.9 Å². The third-order valence-corrected chi connectivity index (χ3v) is 6.70. The van der Waals surface area contributed by atoms with E-state index in [1.54, 1.807) is 31.2 Å². The summed E-state index contributed by atoms with van der Waals surface area (Å²) in [7, 11) is -3.95. The van der Waals surface area contributed by atoms with E-state index in [4.69, 9.17) is 4.74 Å². The molecule has 0 radical (unpaired) electrons. The number of ether oxygens (including phenoxy) is 1. The van der Waals surface area contributed by atoms with Gasteiger partial charge in [-0.15, -0.1) is 0 Å². The van der Waals surface area contributed by atoms with Crippen LogP contribution in [-0.2, 0) is 26.0 Å². The second-order valence-electron chi connectivity index (χ2n) is 7.10. The van der Waals surface area contributed by atoms with E-state index in [-0.39, 0.29) is 17.9 Å². The molecule has 1 unspecified atom stereocenters. The lowest BCUT2D eigenvalue weighted by atomic mass is 10.1. The summed E-state index contributed by atoms with van der Waals surface area (Å²) in [4.78, 5) is 24.9. The maximum atomic E-state index is 13.1. The molecule has 0 spiro atoms. The first-order valence-corrected chi connectivity index (χ1v) is 12.5. The van der Waals surface area contributed by atoms with Gasteiger partial charge in [0.25, 0.3) is 0 Å². The zero-order valence-corrected chi connectivity index (χ0v) is 20.2. The van der Waals surface area contributed by atoms with Gasteiger partial charge in [-0.25, -0.2) is 13.2 Å². The third-order valence-electron chi connectivity index (χ3n) is 4.68. The van der Waals surface area contributed by atoms with Crippen LogP contribution in [0.15, 0.2) is 88.2 Å². The number of sulfonamides is 1. The SMILES string of the molecule is CCOC(=O)c1ccc(NC(=O)C(Cc2ccccc2)NS(=O)(=O)c2ccc(Br)cc2)cc1. The van der Waals surface area contributed by atoms with Crippen LogP contribution >= 0.6 is 15.9 Å². The summed E-state index contributed by atoms with van der Waals surface area (Å²) >= 11 is 3.28. The number of hydrogen-bond acceptors (Lipinski definition) is 5. The van der Waals surface area contributed by atoms with Crippen LogP contribution < -0.4 is 10.0 Å². The van der Waals surface area contributed by atoms with Crippen molar-refractivity contribution in [3.63, 3.8) is 0 Å². The summed E-state index contributed by atoms with van der Waals surface area (Å²) < 4.78 is 34.1. The molecule has 0 saturated heterocycles. The van der Waals surface area contributed by atoms with Crippen LogP contribution in [0.1, 0.15) is 22.8 Å². The molecule has 1 amide bonds. The highest BCUT2D eigenvalue weighted by molar-refractivity contribution is 9.10. The standard InChI is InChI=1S/C24H23BrN2O5S/c1-2-32-24(29)18-8-12-20(13-9-18)26-23(28)22(16-17-6-4-3-5-7-17)27-33(30,31)21-14-10-19(25)11-15-21/h3-15,22,27H,2,16H2,1H3,(H,26,28). The first-order chi connectivity index (χ1) is 15.8. The average Bonchev–Trinajstić information content (AvgIpc) is 2.80. The quantitative estimate of drug-likeness (QED) is 0.404. The third kappa shape index (κ3) is 6.98. The van der Waals surface area contributed by atoms with Gasteiger partial charge in [-0.05, 0) is 67.4 Å². The van der Waals surface area contributed by atoms with Crippen molar-refractivity contribution in [3.05, 3.63) is 94.5 Å². The Bertz CT molecular complexity index is 1200. The highest BCUT2D eigenvalue weighted by Crippen LogP contribution is 2.17. The average molecular weight is 531 g/mol. The number of anilines is 1. The zero-order valence-electron chi connectivity index (χ0n) is 17.8. The van der Waals surface area contributed by atoms with Crippen LogP contribution in [0.3, 0.4) is 0 Å². The molecule has 0 saturated carbocycles. The molecule has 1 atom stereocenters. The van der Waals surface area contributed by atoms with Crippen molar-refractivity contribution >= 4 is 43.5 Å². The normalized spacial score (nSPS) is 12.1. The number of esters is 1. The Morgan fingerprint density at radius 1 is 0.939 bits per heavy atom. The van der Waals surface area contributed by atoms with Crippen molar-refractivity contribution in [1.29, 1.82) is 0 Å². The van der Waals surface area contributed by atoms with Crippen LogP contribution in [-0.4, -0.2) is 32.9 Å². The number of nitrogens with one attached hydrogen (secondary N) is 2. The molecule has 0 bridgehead atoms. The lowest BCUT2D eigenvalue weighted by molar-refractivity contribution is -0.117. The molecule has 33 heavy (non-hydrogen) atoms. The van der Waals surface area contributed by atoms with Gasteiger partial charge in [-0.3, -0.25) is 4.79 Å². The molecule has 2 N–H and O–H groups in total. The van der Waals surface area contributed by atoms with Crippen molar-refractivity contribution in [2.45, 2.75) is 24.3 Å². The molecule has 0 aliphatic rings. The van der Waals surface area contributed by atoms with Gasteiger partial charge >= 0.3 is 5.97 Å². The van der Waals surface area contributed by atoms with Gasteiger partial charge < -0.3 is 10.1 Å². The number of carbonyl (C=O) groups is 2. The lowest BCUT2D eigenvalue weighted by Crippen LogP contribution is -2.45. The molecule has 9 heteroatoms. The predicted octanol–water partition coefficient (Wildman–Crippen LogP) is 4.15. The zero-order chi connectivity index (χ0) is 23.8. The number of rotatable bonds is 9. The van der Waals surface area contributed by atoms with Crippen LogP contribution in [0.25, 0.3) is 0 Å². The van der Waals surface area contributed by atoms with Crippen LogP contribution in [0.4, 0.5) is 5.69 Å². The van der Waals surface area contributed by atoms with Crippen LogP contribution in [0.5, 0.6) is 0 Å². The van der Waals surface area contributed by atoms with Crippen molar-refractivity contribution in [2.24, 2.45) is 0 Å². The smallest absolute Gasteiger partial charge is 0.338 e. The van der Waals surface area contributed by atoms with Crippen molar-refractivity contribution in [2.75, 3.05) is 11.9 Å². The Hall–Kier alpha value is -3.01. The summed E-state index contributed by atoms with van der Waals surface area (Å²) in [5, 5.41) is 2.72. The van der Waals surface area contributed by atoms with E-state index in [9.17, 15) is 18.0 Å². The van der Waals surface area contributed by atoms with Crippen molar-refractivity contribution in [1.82, 2.24) is 4.72 Å². The van der Waals surface area contributed by atoms with Crippen molar-refractivity contribution < 1.29 is 22.7 Å². The number of carbonyl (C=O) groups excluding carboxylic acids is 2. The summed E-state index contributed by atoms with van der Waals surface area (Å²) in [6, 6.07) is 20.4. The summed E-state index contributed by atoms with van der Waals surface area (Å²) in [6.45, 7) is 1.98. The van der Waals surface area contributed by atoms with Crippen molar-refractivity contribution in [3.8, 4) is 0 Å². The minimum atomic E-state index is -3.95. The van der Waals surface area contributed by atoms with Crippen LogP contribution in [0.2, 0.25) is 0 Å². The first kappa shape index (κ1) is 24.6. The molecular formula is C24H23BrN2O5S. The molecule has 0 heterocycles. The Morgan fingerprint density at radius 2 is 1.58 bits per heavy atom. The van der Waals surface area contributed by atoms with Gasteiger partial charge in [-0.2, -0.15) is 4.72 Å². The molecule has 0 fully saturated rings. The second-order valence-corrected chi connectivity index (χ2v) is 9.73. The summed E-state index contributed by atoms with van der Waals surface area (Å²) in [5.74, 6) is -0.983. The first-order valence-electron chi connectivity index (χ1n) is 10.2. The minimum Gasteiger partial charge on any atom is -0.462 e. The van der Waals surface area contributed by atoms with Gasteiger partial charge in [0.2, 0.25) is 15.9 Å². The number of hydrogen-bond donors (Lipinski definition) is 2. The predicted molar refractivity (Wildman–Crippen MR) is 129 cm³/mol. The molecule has 3 rings (SSSR count). The Morgan fingerprint density at radius 3 is 2.18 bits per heavy atom. The fraction of sp³-hybridized carbons (Fsp3) is 0.167. The largest absolute Gasteiger partial charge is 0.462 e. The number of amides is 1. The van der Waals surface area contributed by atoms with Gasteiger partial charge in [0.05, 0.1) is 17.1 Å². The molecule has 0 aliphatic heterocycles. The number of halogens is 1. The maximum absolute atomic E-state index is 13.1. The monoisotopic (exact) mass is 530 g/mol. The number of benzene rings is 3. The fourth-order valence-corrected chi connectivity index (χ4v) is 4.50. The molecule has 0 aliphatic carbocycles. The van der Waals surface area contributed by atoms with E-state index in [2.05, 4.69) is 26.0 Å². The maximum Gasteiger partial charge on any atom is 0.338 e. The molecule has 172 valence electrons. The lowest BCUT2D eigenvalue weighted by Gasteiger charge is -2.19. The molecule has 0 aromatic heterocycles. The Balaban J connectivity index is 1.80. The minimum absolute atomic E-state index is 0.0513. The Kier molecular flexibility index (Phi) is 8.37. The van der Waals surface area contributed by atoms with E-state index in [1.165, 1.54) is 24.3 Å². The Labute approximate surface area is 201 Å². The van der Waals surface area contributed by atoms with E-state index in [0.717, 1.165) is 10.0 Å². The molecular weight excluding hydrogens is 508 g/mol. The fourth-order valence-electron chi connectivity index (χ4n) is 3.04. The molecule has 3 aromatic carbocycles. The van der Waals surface area contributed by atoms with E-state index >= 15 is 0 Å². The molecule has 7 nitrogen and oxygen atoms in total. The highest BCUT2D eigenvalue weighted by Gasteiger charge is 2.26. The van der Waals surface area contributed by atoms with Gasteiger partial charge in [0, 0.05) is 10.2 Å². The summed E-state index contributed by atoms with van der Waals surface area (Å²) in [5.41, 5.74) is 1.58. The van der Waals surface area contributed by atoms with Crippen LogP contribution in [0, 0.1) is 0 Å². The van der Waals surface area contributed by atoms with Gasteiger partial charge in [0.1, 0.15) is 6.04 Å². The topological polar surface area (TPSA) is 102 Å². The van der Waals surface area contributed by atoms with E-state index in [0.29, 0.717) is 11.3 Å². The molecule has 3 aromatic rings. The summed E-state index contributed by atoms with van der Waals surface area (Å²) in [6.07, 6.45) is 0.156. The van der Waals surface area contributed by atoms with Gasteiger partial charge in [0.15, 0.2) is 0 Å². The highest BCUT2D eigenvalue weighted by atomic mass is 79.9. The van der Waals surface area contributed by atoms with Gasteiger partial charge in [-0.1, -0.05) is 46.3 Å².